The zero-order valence-corrected chi connectivity index (χ0v) is 14.9. The molecule has 0 radical (unpaired) electrons. The zero-order valence-electron chi connectivity index (χ0n) is 14.9. The van der Waals surface area contributed by atoms with Crippen LogP contribution in [0, 0.1) is 17.8 Å². The number of carbonyl (C=O) groups is 1. The standard InChI is InChI=1S/C20H26NO3/c1-12(2)14-10-9-13(3)16-17(14)18(24-19(16)20(22)23-5)15-8-6-7-11-21(15)4/h6-9,11,14,16-19H,1,10H2,2-5H3/q+1. The number of hydrogen-bond acceptors (Lipinski definition) is 3. The third-order valence-corrected chi connectivity index (χ3v) is 5.52. The monoisotopic (exact) mass is 328 g/mol. The summed E-state index contributed by atoms with van der Waals surface area (Å²) >= 11 is 0. The van der Waals surface area contributed by atoms with E-state index in [1.807, 2.05) is 25.4 Å². The number of rotatable bonds is 3. The van der Waals surface area contributed by atoms with Gasteiger partial charge in [0.1, 0.15) is 13.2 Å². The summed E-state index contributed by atoms with van der Waals surface area (Å²) in [5.74, 6) is 0.253. The third-order valence-electron chi connectivity index (χ3n) is 5.52. The minimum absolute atomic E-state index is 0.0399. The van der Waals surface area contributed by atoms with E-state index in [0.717, 1.165) is 17.7 Å². The fourth-order valence-corrected chi connectivity index (χ4v) is 4.28. The molecule has 24 heavy (non-hydrogen) atoms. The van der Waals surface area contributed by atoms with Gasteiger partial charge in [-0.3, -0.25) is 0 Å². The summed E-state index contributed by atoms with van der Waals surface area (Å²) < 4.78 is 13.4. The summed E-state index contributed by atoms with van der Waals surface area (Å²) in [7, 11) is 3.44. The van der Waals surface area contributed by atoms with Crippen LogP contribution in [0.3, 0.4) is 0 Å². The largest absolute Gasteiger partial charge is 0.467 e. The maximum atomic E-state index is 12.3. The summed E-state index contributed by atoms with van der Waals surface area (Å²) in [6.07, 6.45) is 4.50. The molecule has 1 aromatic rings. The van der Waals surface area contributed by atoms with Gasteiger partial charge in [-0.05, 0) is 26.2 Å². The lowest BCUT2D eigenvalue weighted by Crippen LogP contribution is -2.38. The van der Waals surface area contributed by atoms with Crippen LogP contribution < -0.4 is 4.57 Å². The predicted molar refractivity (Wildman–Crippen MR) is 90.9 cm³/mol. The van der Waals surface area contributed by atoms with Crippen molar-refractivity contribution in [3.63, 3.8) is 0 Å². The van der Waals surface area contributed by atoms with E-state index < -0.39 is 6.10 Å². The molecule has 128 valence electrons. The Bertz CT molecular complexity index is 694. The summed E-state index contributed by atoms with van der Waals surface area (Å²) in [5, 5.41) is 0. The van der Waals surface area contributed by atoms with E-state index in [1.54, 1.807) is 0 Å². The molecular formula is C20H26NO3+. The van der Waals surface area contributed by atoms with Crippen molar-refractivity contribution in [3.05, 3.63) is 53.9 Å². The van der Waals surface area contributed by atoms with Crippen molar-refractivity contribution in [2.75, 3.05) is 7.11 Å². The first-order valence-electron chi connectivity index (χ1n) is 8.45. The van der Waals surface area contributed by atoms with Crippen LogP contribution in [-0.2, 0) is 21.3 Å². The van der Waals surface area contributed by atoms with Gasteiger partial charge < -0.3 is 9.47 Å². The Morgan fingerprint density at radius 2 is 2.17 bits per heavy atom. The maximum Gasteiger partial charge on any atom is 0.335 e. The van der Waals surface area contributed by atoms with Gasteiger partial charge in [0.2, 0.25) is 5.69 Å². The fraction of sp³-hybridized carbons (Fsp3) is 0.500. The van der Waals surface area contributed by atoms with Crippen molar-refractivity contribution in [1.82, 2.24) is 0 Å². The number of ether oxygens (including phenoxy) is 2. The first kappa shape index (κ1) is 16.9. The van der Waals surface area contributed by atoms with Gasteiger partial charge in [0.25, 0.3) is 0 Å². The molecule has 5 atom stereocenters. The quantitative estimate of drug-likeness (QED) is 0.486. The summed E-state index contributed by atoms with van der Waals surface area (Å²) in [6.45, 7) is 8.37. The van der Waals surface area contributed by atoms with Crippen LogP contribution in [0.1, 0.15) is 32.1 Å². The Kier molecular flexibility index (Phi) is 4.59. The highest BCUT2D eigenvalue weighted by atomic mass is 16.6. The zero-order chi connectivity index (χ0) is 17.4. The smallest absolute Gasteiger partial charge is 0.335 e. The van der Waals surface area contributed by atoms with Crippen LogP contribution in [0.25, 0.3) is 0 Å². The van der Waals surface area contributed by atoms with Gasteiger partial charge in [-0.1, -0.05) is 29.9 Å². The Hall–Kier alpha value is -1.94. The number of carbonyl (C=O) groups excluding carboxylic acids is 1. The molecule has 2 heterocycles. The SMILES string of the molecule is C=C(C)C1CC=C(C)C2C(C(=O)OC)OC(c3cccc[n+]3C)C12. The Morgan fingerprint density at radius 1 is 1.42 bits per heavy atom. The number of methoxy groups -OCH3 is 1. The molecule has 0 saturated carbocycles. The highest BCUT2D eigenvalue weighted by Crippen LogP contribution is 2.53. The van der Waals surface area contributed by atoms with E-state index in [0.29, 0.717) is 5.92 Å². The average Bonchev–Trinajstić information content (AvgIpc) is 2.96. The van der Waals surface area contributed by atoms with Crippen LogP contribution in [0.5, 0.6) is 0 Å². The Labute approximate surface area is 143 Å². The van der Waals surface area contributed by atoms with Crippen LogP contribution in [0.15, 0.2) is 48.2 Å². The second-order valence-corrected chi connectivity index (χ2v) is 6.98. The average molecular weight is 328 g/mol. The molecule has 0 aromatic carbocycles. The predicted octanol–water partition coefficient (Wildman–Crippen LogP) is 2.90. The van der Waals surface area contributed by atoms with Crippen molar-refractivity contribution < 1.29 is 18.8 Å². The molecule has 1 aromatic heterocycles. The lowest BCUT2D eigenvalue weighted by Gasteiger charge is -2.35. The van der Waals surface area contributed by atoms with E-state index in [1.165, 1.54) is 12.7 Å². The molecule has 4 nitrogen and oxygen atoms in total. The van der Waals surface area contributed by atoms with E-state index in [9.17, 15) is 4.79 Å². The summed E-state index contributed by atoms with van der Waals surface area (Å²) in [4.78, 5) is 12.3. The number of hydrogen-bond donors (Lipinski definition) is 0. The van der Waals surface area contributed by atoms with Gasteiger partial charge in [-0.15, -0.1) is 0 Å². The molecular weight excluding hydrogens is 302 g/mol. The van der Waals surface area contributed by atoms with E-state index in [2.05, 4.69) is 37.1 Å². The number of allylic oxidation sites excluding steroid dienone is 2. The molecule has 1 fully saturated rings. The molecule has 1 aliphatic heterocycles. The van der Waals surface area contributed by atoms with Crippen LogP contribution in [0.4, 0.5) is 0 Å². The fourth-order valence-electron chi connectivity index (χ4n) is 4.28. The second kappa shape index (κ2) is 6.52. The van der Waals surface area contributed by atoms with Crippen LogP contribution in [0.2, 0.25) is 0 Å². The van der Waals surface area contributed by atoms with Crippen molar-refractivity contribution in [2.24, 2.45) is 24.8 Å². The van der Waals surface area contributed by atoms with Gasteiger partial charge in [-0.25, -0.2) is 9.36 Å². The molecule has 3 rings (SSSR count). The minimum atomic E-state index is -0.552. The first-order chi connectivity index (χ1) is 11.5. The molecule has 4 heteroatoms. The summed E-state index contributed by atoms with van der Waals surface area (Å²) in [6, 6.07) is 6.08. The lowest BCUT2D eigenvalue weighted by atomic mass is 9.67. The lowest BCUT2D eigenvalue weighted by molar-refractivity contribution is -0.683. The first-order valence-corrected chi connectivity index (χ1v) is 8.45. The normalized spacial score (nSPS) is 32.0. The molecule has 0 amide bonds. The van der Waals surface area contributed by atoms with Crippen molar-refractivity contribution >= 4 is 5.97 Å². The highest BCUT2D eigenvalue weighted by molar-refractivity contribution is 5.76. The number of pyridine rings is 1. The minimum Gasteiger partial charge on any atom is -0.467 e. The second-order valence-electron chi connectivity index (χ2n) is 6.98. The topological polar surface area (TPSA) is 39.4 Å². The van der Waals surface area contributed by atoms with Gasteiger partial charge in [0.15, 0.2) is 12.3 Å². The summed E-state index contributed by atoms with van der Waals surface area (Å²) in [5.41, 5.74) is 3.44. The van der Waals surface area contributed by atoms with Crippen LogP contribution >= 0.6 is 0 Å². The maximum absolute atomic E-state index is 12.3. The molecule has 1 aliphatic carbocycles. The number of aromatic nitrogens is 1. The number of esters is 1. The molecule has 1 saturated heterocycles. The van der Waals surface area contributed by atoms with Gasteiger partial charge in [0.05, 0.1) is 7.11 Å². The van der Waals surface area contributed by atoms with E-state index in [-0.39, 0.29) is 23.9 Å². The number of aryl methyl sites for hydroxylation is 1. The Balaban J connectivity index is 2.09. The molecule has 2 aliphatic rings. The Morgan fingerprint density at radius 3 is 2.79 bits per heavy atom. The van der Waals surface area contributed by atoms with Gasteiger partial charge in [-0.2, -0.15) is 0 Å². The van der Waals surface area contributed by atoms with Crippen LogP contribution in [-0.4, -0.2) is 19.2 Å². The van der Waals surface area contributed by atoms with Gasteiger partial charge >= 0.3 is 5.97 Å². The number of nitrogens with zero attached hydrogens (tertiary/aromatic N) is 1. The highest BCUT2D eigenvalue weighted by Gasteiger charge is 2.55. The molecule has 0 bridgehead atoms. The van der Waals surface area contributed by atoms with E-state index >= 15 is 0 Å². The molecule has 0 spiro atoms. The third kappa shape index (κ3) is 2.69. The molecule has 0 N–H and O–H groups in total. The van der Waals surface area contributed by atoms with E-state index in [4.69, 9.17) is 9.47 Å². The molecule has 5 unspecified atom stereocenters. The van der Waals surface area contributed by atoms with Crippen molar-refractivity contribution in [3.8, 4) is 0 Å². The number of fused-ring (bicyclic) bond motifs is 1. The van der Waals surface area contributed by atoms with Crippen molar-refractivity contribution in [2.45, 2.75) is 32.5 Å². The van der Waals surface area contributed by atoms with Crippen molar-refractivity contribution in [1.29, 1.82) is 0 Å². The van der Waals surface area contributed by atoms with Gasteiger partial charge in [0, 0.05) is 24.0 Å².